The molecular formula is C17H20FNO. The molecule has 0 fully saturated rings. The van der Waals surface area contributed by atoms with Crippen molar-refractivity contribution in [1.29, 1.82) is 0 Å². The van der Waals surface area contributed by atoms with E-state index in [1.807, 2.05) is 30.3 Å². The van der Waals surface area contributed by atoms with Crippen molar-refractivity contribution in [2.24, 2.45) is 0 Å². The van der Waals surface area contributed by atoms with Crippen molar-refractivity contribution in [2.75, 3.05) is 11.9 Å². The van der Waals surface area contributed by atoms with Crippen LogP contribution in [0.1, 0.15) is 24.5 Å². The van der Waals surface area contributed by atoms with Gasteiger partial charge in [0, 0.05) is 18.3 Å². The van der Waals surface area contributed by atoms with E-state index in [0.29, 0.717) is 18.7 Å². The van der Waals surface area contributed by atoms with Crippen LogP contribution in [0.15, 0.2) is 42.5 Å². The Morgan fingerprint density at radius 1 is 1.15 bits per heavy atom. The van der Waals surface area contributed by atoms with Gasteiger partial charge in [-0.15, -0.1) is 0 Å². The molecule has 2 aromatic rings. The van der Waals surface area contributed by atoms with Gasteiger partial charge in [-0.3, -0.25) is 0 Å². The summed E-state index contributed by atoms with van der Waals surface area (Å²) in [6.07, 6.45) is 0.986. The summed E-state index contributed by atoms with van der Waals surface area (Å²) in [7, 11) is 0. The van der Waals surface area contributed by atoms with Crippen molar-refractivity contribution in [1.82, 2.24) is 0 Å². The summed E-state index contributed by atoms with van der Waals surface area (Å²) in [5, 5.41) is 3.28. The van der Waals surface area contributed by atoms with Gasteiger partial charge in [0.15, 0.2) is 0 Å². The summed E-state index contributed by atoms with van der Waals surface area (Å²) in [6.45, 7) is 5.15. The van der Waals surface area contributed by atoms with E-state index in [2.05, 4.69) is 12.2 Å². The Bertz CT molecular complexity index is 569. The van der Waals surface area contributed by atoms with Crippen LogP contribution in [0.3, 0.4) is 0 Å². The van der Waals surface area contributed by atoms with Crippen LogP contribution in [0.25, 0.3) is 0 Å². The lowest BCUT2D eigenvalue weighted by atomic mass is 10.1. The molecule has 0 heterocycles. The zero-order chi connectivity index (χ0) is 14.4. The summed E-state index contributed by atoms with van der Waals surface area (Å²) in [5.74, 6) is 0.691. The van der Waals surface area contributed by atoms with Crippen LogP contribution in [-0.2, 0) is 6.54 Å². The SMILES string of the molecule is CCCOc1cccc(NCc2ccc(C)c(F)c2)c1. The molecule has 0 aliphatic rings. The molecule has 2 nitrogen and oxygen atoms in total. The third-order valence-electron chi connectivity index (χ3n) is 3.04. The molecule has 0 amide bonds. The van der Waals surface area contributed by atoms with E-state index in [-0.39, 0.29) is 5.82 Å². The zero-order valence-corrected chi connectivity index (χ0v) is 11.9. The van der Waals surface area contributed by atoms with Gasteiger partial charge in [0.2, 0.25) is 0 Å². The van der Waals surface area contributed by atoms with Crippen molar-refractivity contribution in [3.8, 4) is 5.75 Å². The first-order chi connectivity index (χ1) is 9.69. The average molecular weight is 273 g/mol. The molecule has 0 saturated carbocycles. The van der Waals surface area contributed by atoms with E-state index in [0.717, 1.165) is 23.4 Å². The minimum absolute atomic E-state index is 0.163. The van der Waals surface area contributed by atoms with Crippen molar-refractivity contribution >= 4 is 5.69 Å². The van der Waals surface area contributed by atoms with Gasteiger partial charge in [-0.25, -0.2) is 4.39 Å². The second-order valence-corrected chi connectivity index (χ2v) is 4.81. The minimum atomic E-state index is -0.163. The van der Waals surface area contributed by atoms with Crippen LogP contribution < -0.4 is 10.1 Å². The van der Waals surface area contributed by atoms with E-state index in [1.165, 1.54) is 0 Å². The van der Waals surface area contributed by atoms with Crippen LogP contribution in [0.2, 0.25) is 0 Å². The van der Waals surface area contributed by atoms with Crippen LogP contribution in [0.5, 0.6) is 5.75 Å². The van der Waals surface area contributed by atoms with Gasteiger partial charge in [0.25, 0.3) is 0 Å². The van der Waals surface area contributed by atoms with Gasteiger partial charge in [-0.2, -0.15) is 0 Å². The smallest absolute Gasteiger partial charge is 0.126 e. The van der Waals surface area contributed by atoms with Gasteiger partial charge < -0.3 is 10.1 Å². The predicted molar refractivity (Wildman–Crippen MR) is 80.7 cm³/mol. The molecule has 0 unspecified atom stereocenters. The molecule has 0 bridgehead atoms. The highest BCUT2D eigenvalue weighted by Crippen LogP contribution is 2.18. The topological polar surface area (TPSA) is 21.3 Å². The number of aryl methyl sites for hydroxylation is 1. The number of benzene rings is 2. The third kappa shape index (κ3) is 3.98. The molecule has 2 aromatic carbocycles. The van der Waals surface area contributed by atoms with E-state index in [9.17, 15) is 4.39 Å². The molecule has 106 valence electrons. The number of ether oxygens (including phenoxy) is 1. The van der Waals surface area contributed by atoms with Gasteiger partial charge in [-0.05, 0) is 42.7 Å². The lowest BCUT2D eigenvalue weighted by Gasteiger charge is -2.10. The van der Waals surface area contributed by atoms with Crippen molar-refractivity contribution in [2.45, 2.75) is 26.8 Å². The number of rotatable bonds is 6. The number of anilines is 1. The number of nitrogens with one attached hydrogen (secondary N) is 1. The first-order valence-corrected chi connectivity index (χ1v) is 6.91. The summed E-state index contributed by atoms with van der Waals surface area (Å²) in [4.78, 5) is 0. The van der Waals surface area contributed by atoms with Crippen molar-refractivity contribution in [3.05, 3.63) is 59.4 Å². The van der Waals surface area contributed by atoms with E-state index < -0.39 is 0 Å². The summed E-state index contributed by atoms with van der Waals surface area (Å²) in [5.41, 5.74) is 2.57. The highest BCUT2D eigenvalue weighted by Gasteiger charge is 2.00. The largest absolute Gasteiger partial charge is 0.494 e. The zero-order valence-electron chi connectivity index (χ0n) is 11.9. The predicted octanol–water partition coefficient (Wildman–Crippen LogP) is 4.54. The van der Waals surface area contributed by atoms with Crippen LogP contribution in [0.4, 0.5) is 10.1 Å². The minimum Gasteiger partial charge on any atom is -0.494 e. The maximum Gasteiger partial charge on any atom is 0.126 e. The Hall–Kier alpha value is -2.03. The molecule has 0 aromatic heterocycles. The molecule has 0 saturated heterocycles. The molecule has 2 rings (SSSR count). The molecular weight excluding hydrogens is 253 g/mol. The Kier molecular flexibility index (Phi) is 4.99. The third-order valence-corrected chi connectivity index (χ3v) is 3.04. The standard InChI is InChI=1S/C17H20FNO/c1-3-9-20-16-6-4-5-15(11-16)19-12-14-8-7-13(2)17(18)10-14/h4-8,10-11,19H,3,9,12H2,1-2H3. The maximum absolute atomic E-state index is 13.5. The molecule has 1 N–H and O–H groups in total. The average Bonchev–Trinajstić information content (AvgIpc) is 2.47. The van der Waals surface area contributed by atoms with E-state index in [4.69, 9.17) is 4.74 Å². The summed E-state index contributed by atoms with van der Waals surface area (Å²) < 4.78 is 19.0. The first-order valence-electron chi connectivity index (χ1n) is 6.91. The highest BCUT2D eigenvalue weighted by atomic mass is 19.1. The van der Waals surface area contributed by atoms with Crippen molar-refractivity contribution in [3.63, 3.8) is 0 Å². The maximum atomic E-state index is 13.5. The highest BCUT2D eigenvalue weighted by molar-refractivity contribution is 5.48. The van der Waals surface area contributed by atoms with E-state index >= 15 is 0 Å². The fraction of sp³-hybridized carbons (Fsp3) is 0.294. The Labute approximate surface area is 119 Å². The molecule has 0 aliphatic heterocycles. The monoisotopic (exact) mass is 273 g/mol. The van der Waals surface area contributed by atoms with Crippen LogP contribution >= 0.6 is 0 Å². The Morgan fingerprint density at radius 2 is 2.00 bits per heavy atom. The van der Waals surface area contributed by atoms with E-state index in [1.54, 1.807) is 19.1 Å². The van der Waals surface area contributed by atoms with Crippen LogP contribution in [-0.4, -0.2) is 6.61 Å². The normalized spacial score (nSPS) is 10.3. The summed E-state index contributed by atoms with van der Waals surface area (Å²) >= 11 is 0. The molecule has 0 atom stereocenters. The first kappa shape index (κ1) is 14.4. The van der Waals surface area contributed by atoms with Gasteiger partial charge in [0.05, 0.1) is 6.61 Å². The molecule has 20 heavy (non-hydrogen) atoms. The molecule has 0 radical (unpaired) electrons. The number of hydrogen-bond acceptors (Lipinski definition) is 2. The number of halogens is 1. The fourth-order valence-corrected chi connectivity index (χ4v) is 1.87. The van der Waals surface area contributed by atoms with Gasteiger partial charge in [-0.1, -0.05) is 25.1 Å². The van der Waals surface area contributed by atoms with Gasteiger partial charge >= 0.3 is 0 Å². The Balaban J connectivity index is 1.97. The van der Waals surface area contributed by atoms with Crippen LogP contribution in [0, 0.1) is 12.7 Å². The lowest BCUT2D eigenvalue weighted by molar-refractivity contribution is 0.317. The second-order valence-electron chi connectivity index (χ2n) is 4.81. The number of hydrogen-bond donors (Lipinski definition) is 1. The second kappa shape index (κ2) is 6.94. The quantitative estimate of drug-likeness (QED) is 0.834. The van der Waals surface area contributed by atoms with Gasteiger partial charge in [0.1, 0.15) is 11.6 Å². The molecule has 3 heteroatoms. The summed E-state index contributed by atoms with van der Waals surface area (Å²) in [6, 6.07) is 13.1. The lowest BCUT2D eigenvalue weighted by Crippen LogP contribution is -2.01. The fourth-order valence-electron chi connectivity index (χ4n) is 1.87. The molecule has 0 spiro atoms. The van der Waals surface area contributed by atoms with Crippen molar-refractivity contribution < 1.29 is 9.13 Å². The molecule has 0 aliphatic carbocycles. The Morgan fingerprint density at radius 3 is 2.75 bits per heavy atom.